The van der Waals surface area contributed by atoms with Crippen LogP contribution in [0.2, 0.25) is 0 Å². The third kappa shape index (κ3) is 2.73. The van der Waals surface area contributed by atoms with E-state index in [0.717, 1.165) is 40.7 Å². The minimum atomic E-state index is 0.914. The van der Waals surface area contributed by atoms with Crippen LogP contribution in [0.4, 0.5) is 5.69 Å². The van der Waals surface area contributed by atoms with E-state index in [1.165, 1.54) is 5.56 Å². The van der Waals surface area contributed by atoms with E-state index in [0.29, 0.717) is 0 Å². The monoisotopic (exact) mass is 277 g/mol. The van der Waals surface area contributed by atoms with Crippen molar-refractivity contribution in [3.63, 3.8) is 0 Å². The van der Waals surface area contributed by atoms with Crippen molar-refractivity contribution in [2.75, 3.05) is 5.43 Å². The lowest BCUT2D eigenvalue weighted by Crippen LogP contribution is -2.08. The average molecular weight is 277 g/mol. The summed E-state index contributed by atoms with van der Waals surface area (Å²) in [6, 6.07) is 18.6. The normalized spacial score (nSPS) is 10.8. The van der Waals surface area contributed by atoms with E-state index in [-0.39, 0.29) is 0 Å². The number of nitrogens with zero attached hydrogens (tertiary/aromatic N) is 1. The summed E-state index contributed by atoms with van der Waals surface area (Å²) in [6.07, 6.45) is 2.20. The van der Waals surface area contributed by atoms with Crippen LogP contribution in [0.5, 0.6) is 0 Å². The van der Waals surface area contributed by atoms with Gasteiger partial charge in [-0.25, -0.2) is 4.98 Å². The third-order valence-corrected chi connectivity index (χ3v) is 3.64. The zero-order valence-electron chi connectivity index (χ0n) is 12.1. The largest absolute Gasteiger partial charge is 0.323 e. The van der Waals surface area contributed by atoms with Crippen molar-refractivity contribution in [1.82, 2.24) is 4.98 Å². The number of benzene rings is 2. The van der Waals surface area contributed by atoms with Crippen LogP contribution in [-0.4, -0.2) is 4.98 Å². The lowest BCUT2D eigenvalue weighted by atomic mass is 10.0. The highest BCUT2D eigenvalue weighted by Gasteiger charge is 2.07. The van der Waals surface area contributed by atoms with Crippen LogP contribution in [0.3, 0.4) is 0 Å². The van der Waals surface area contributed by atoms with Gasteiger partial charge in [0.05, 0.1) is 16.9 Å². The number of nitrogens with two attached hydrogens (primary N) is 1. The lowest BCUT2D eigenvalue weighted by Gasteiger charge is -2.10. The second-order valence-corrected chi connectivity index (χ2v) is 5.17. The molecule has 1 heterocycles. The van der Waals surface area contributed by atoms with E-state index in [9.17, 15) is 0 Å². The number of nitrogen functional groups attached to an aromatic ring is 1. The van der Waals surface area contributed by atoms with Crippen molar-refractivity contribution in [3.05, 3.63) is 60.2 Å². The van der Waals surface area contributed by atoms with Gasteiger partial charge in [-0.3, -0.25) is 5.84 Å². The Morgan fingerprint density at radius 3 is 2.57 bits per heavy atom. The van der Waals surface area contributed by atoms with Gasteiger partial charge in [0.25, 0.3) is 0 Å². The first-order chi connectivity index (χ1) is 10.3. The average Bonchev–Trinajstić information content (AvgIpc) is 2.55. The van der Waals surface area contributed by atoms with Crippen LogP contribution in [0, 0.1) is 0 Å². The van der Waals surface area contributed by atoms with Gasteiger partial charge in [-0.05, 0) is 30.2 Å². The number of hydrogen-bond acceptors (Lipinski definition) is 3. The topological polar surface area (TPSA) is 50.9 Å². The summed E-state index contributed by atoms with van der Waals surface area (Å²) < 4.78 is 0. The van der Waals surface area contributed by atoms with Crippen molar-refractivity contribution >= 4 is 16.6 Å². The van der Waals surface area contributed by atoms with Crippen molar-refractivity contribution in [2.24, 2.45) is 5.84 Å². The molecule has 0 aliphatic heterocycles. The molecule has 0 spiro atoms. The Morgan fingerprint density at radius 1 is 1.05 bits per heavy atom. The number of anilines is 1. The summed E-state index contributed by atoms with van der Waals surface area (Å²) in [7, 11) is 0. The van der Waals surface area contributed by atoms with Gasteiger partial charge in [-0.15, -0.1) is 0 Å². The standard InChI is InChI=1S/C18H19N3/c1-2-6-13-9-10-16-15(11-13)18(21-19)12-17(20-16)14-7-4-3-5-8-14/h3-5,7-12H,2,6,19H2,1H3,(H,20,21). The molecule has 0 saturated carbocycles. The number of fused-ring (bicyclic) bond motifs is 1. The molecule has 0 atom stereocenters. The Labute approximate surface area is 124 Å². The Morgan fingerprint density at radius 2 is 1.86 bits per heavy atom. The van der Waals surface area contributed by atoms with E-state index in [1.54, 1.807) is 0 Å². The van der Waals surface area contributed by atoms with Gasteiger partial charge in [-0.1, -0.05) is 49.7 Å². The van der Waals surface area contributed by atoms with Crippen molar-refractivity contribution < 1.29 is 0 Å². The first kappa shape index (κ1) is 13.6. The molecule has 0 amide bonds. The highest BCUT2D eigenvalue weighted by atomic mass is 15.2. The number of nitrogens with one attached hydrogen (secondary N) is 1. The fourth-order valence-electron chi connectivity index (χ4n) is 2.59. The van der Waals surface area contributed by atoms with Crippen molar-refractivity contribution in [2.45, 2.75) is 19.8 Å². The highest BCUT2D eigenvalue weighted by molar-refractivity contribution is 5.94. The zero-order valence-corrected chi connectivity index (χ0v) is 12.1. The smallest absolute Gasteiger partial charge is 0.0731 e. The molecule has 2 aromatic carbocycles. The number of aromatic nitrogens is 1. The van der Waals surface area contributed by atoms with Gasteiger partial charge in [0.15, 0.2) is 0 Å². The van der Waals surface area contributed by atoms with Gasteiger partial charge >= 0.3 is 0 Å². The molecule has 0 saturated heterocycles. The number of hydrazine groups is 1. The van der Waals surface area contributed by atoms with Crippen LogP contribution < -0.4 is 11.3 Å². The SMILES string of the molecule is CCCc1ccc2nc(-c3ccccc3)cc(NN)c2c1. The zero-order chi connectivity index (χ0) is 14.7. The predicted molar refractivity (Wildman–Crippen MR) is 89.0 cm³/mol. The van der Waals surface area contributed by atoms with E-state index in [2.05, 4.69) is 42.7 Å². The first-order valence-electron chi connectivity index (χ1n) is 7.27. The van der Waals surface area contributed by atoms with Crippen molar-refractivity contribution in [3.8, 4) is 11.3 Å². The quantitative estimate of drug-likeness (QED) is 0.556. The summed E-state index contributed by atoms with van der Waals surface area (Å²) in [5.74, 6) is 5.71. The summed E-state index contributed by atoms with van der Waals surface area (Å²) in [6.45, 7) is 2.18. The third-order valence-electron chi connectivity index (χ3n) is 3.64. The molecule has 3 rings (SSSR count). The van der Waals surface area contributed by atoms with E-state index in [4.69, 9.17) is 10.8 Å². The summed E-state index contributed by atoms with van der Waals surface area (Å²) in [5.41, 5.74) is 8.02. The highest BCUT2D eigenvalue weighted by Crippen LogP contribution is 2.28. The Hall–Kier alpha value is -2.39. The van der Waals surface area contributed by atoms with Crippen LogP contribution in [0.15, 0.2) is 54.6 Å². The molecule has 3 aromatic rings. The molecule has 21 heavy (non-hydrogen) atoms. The molecule has 0 aliphatic carbocycles. The number of rotatable bonds is 4. The van der Waals surface area contributed by atoms with E-state index in [1.807, 2.05) is 24.3 Å². The molecular formula is C18H19N3. The maximum Gasteiger partial charge on any atom is 0.0731 e. The molecule has 3 N–H and O–H groups in total. The predicted octanol–water partition coefficient (Wildman–Crippen LogP) is 4.14. The Bertz CT molecular complexity index is 751. The van der Waals surface area contributed by atoms with Crippen LogP contribution in [0.25, 0.3) is 22.2 Å². The first-order valence-corrected chi connectivity index (χ1v) is 7.27. The van der Waals surface area contributed by atoms with Crippen molar-refractivity contribution in [1.29, 1.82) is 0 Å². The molecule has 0 fully saturated rings. The molecule has 1 aromatic heterocycles. The molecule has 0 radical (unpaired) electrons. The summed E-state index contributed by atoms with van der Waals surface area (Å²) in [4.78, 5) is 4.76. The summed E-state index contributed by atoms with van der Waals surface area (Å²) in [5, 5.41) is 1.07. The van der Waals surface area contributed by atoms with E-state index >= 15 is 0 Å². The molecule has 106 valence electrons. The number of aryl methyl sites for hydroxylation is 1. The summed E-state index contributed by atoms with van der Waals surface area (Å²) >= 11 is 0. The van der Waals surface area contributed by atoms with Gasteiger partial charge in [0.1, 0.15) is 0 Å². The maximum atomic E-state index is 5.71. The van der Waals surface area contributed by atoms with Crippen LogP contribution in [-0.2, 0) is 6.42 Å². The molecule has 0 unspecified atom stereocenters. The maximum absolute atomic E-state index is 5.71. The van der Waals surface area contributed by atoms with Gasteiger partial charge in [0, 0.05) is 10.9 Å². The molecule has 3 nitrogen and oxygen atoms in total. The second kappa shape index (κ2) is 5.94. The minimum Gasteiger partial charge on any atom is -0.323 e. The molecular weight excluding hydrogens is 258 g/mol. The van der Waals surface area contributed by atoms with Gasteiger partial charge in [0.2, 0.25) is 0 Å². The van der Waals surface area contributed by atoms with Crippen LogP contribution >= 0.6 is 0 Å². The number of hydrogen-bond donors (Lipinski definition) is 2. The fourth-order valence-corrected chi connectivity index (χ4v) is 2.59. The minimum absolute atomic E-state index is 0.914. The molecule has 3 heteroatoms. The molecule has 0 bridgehead atoms. The Kier molecular flexibility index (Phi) is 3.84. The van der Waals surface area contributed by atoms with Gasteiger partial charge in [-0.2, -0.15) is 0 Å². The van der Waals surface area contributed by atoms with Gasteiger partial charge < -0.3 is 5.43 Å². The van der Waals surface area contributed by atoms with Crippen LogP contribution in [0.1, 0.15) is 18.9 Å². The molecule has 0 aliphatic rings. The van der Waals surface area contributed by atoms with E-state index < -0.39 is 0 Å². The Balaban J connectivity index is 2.16. The fraction of sp³-hybridized carbons (Fsp3) is 0.167. The lowest BCUT2D eigenvalue weighted by molar-refractivity contribution is 0.923. The second-order valence-electron chi connectivity index (χ2n) is 5.17. The number of pyridine rings is 1.